The van der Waals surface area contributed by atoms with Crippen LogP contribution in [0.2, 0.25) is 0 Å². The molecule has 7 heteroatoms. The summed E-state index contributed by atoms with van der Waals surface area (Å²) in [6.45, 7) is 0. The minimum absolute atomic E-state index is 0.342. The van der Waals surface area contributed by atoms with Gasteiger partial charge in [0.25, 0.3) is 0 Å². The number of fused-ring (bicyclic) bond motifs is 5. The van der Waals surface area contributed by atoms with E-state index in [1.807, 2.05) is 54.6 Å². The first-order valence-electron chi connectivity index (χ1n) is 10.6. The number of aliphatic hydroxyl groups is 1. The third kappa shape index (κ3) is 2.44. The maximum absolute atomic E-state index is 12.8. The Morgan fingerprint density at radius 1 is 1.00 bits per heavy atom. The molecule has 1 aliphatic carbocycles. The van der Waals surface area contributed by atoms with Crippen molar-refractivity contribution in [2.45, 2.75) is 23.2 Å². The molecule has 0 bridgehead atoms. The van der Waals surface area contributed by atoms with Gasteiger partial charge in [-0.15, -0.1) is 0 Å². The molecule has 2 fully saturated rings. The van der Waals surface area contributed by atoms with Crippen molar-refractivity contribution in [1.82, 2.24) is 0 Å². The Morgan fingerprint density at radius 3 is 2.36 bits per heavy atom. The summed E-state index contributed by atoms with van der Waals surface area (Å²) in [4.78, 5) is 12.8. The van der Waals surface area contributed by atoms with Crippen LogP contribution in [-0.2, 0) is 20.7 Å². The van der Waals surface area contributed by atoms with Crippen molar-refractivity contribution in [1.29, 1.82) is 0 Å². The minimum atomic E-state index is -1.67. The van der Waals surface area contributed by atoms with Crippen LogP contribution in [0.1, 0.15) is 22.6 Å². The first-order chi connectivity index (χ1) is 16.0. The quantitative estimate of drug-likeness (QED) is 0.530. The molecule has 5 atom stereocenters. The molecule has 1 N–H and O–H groups in total. The van der Waals surface area contributed by atoms with Crippen molar-refractivity contribution >= 4 is 21.9 Å². The molecular formula is C26H21BrO6. The van der Waals surface area contributed by atoms with E-state index in [0.717, 1.165) is 15.6 Å². The molecule has 33 heavy (non-hydrogen) atoms. The van der Waals surface area contributed by atoms with Gasteiger partial charge in [-0.3, -0.25) is 4.79 Å². The van der Waals surface area contributed by atoms with Crippen molar-refractivity contribution in [2.24, 2.45) is 5.92 Å². The van der Waals surface area contributed by atoms with E-state index in [-0.39, 0.29) is 5.97 Å². The molecule has 0 spiro atoms. The zero-order valence-corrected chi connectivity index (χ0v) is 19.5. The Labute approximate surface area is 199 Å². The number of ether oxygens (including phenoxy) is 4. The van der Waals surface area contributed by atoms with Gasteiger partial charge in [-0.25, -0.2) is 0 Å². The van der Waals surface area contributed by atoms with Gasteiger partial charge in [0.05, 0.1) is 19.8 Å². The fourth-order valence-electron chi connectivity index (χ4n) is 5.89. The molecule has 0 unspecified atom stereocenters. The summed E-state index contributed by atoms with van der Waals surface area (Å²) >= 11 is 3.49. The molecule has 0 aromatic heterocycles. The van der Waals surface area contributed by atoms with Gasteiger partial charge in [-0.05, 0) is 23.3 Å². The molecular weight excluding hydrogens is 488 g/mol. The normalized spacial score (nSPS) is 30.9. The molecule has 3 aromatic rings. The second-order valence-corrected chi connectivity index (χ2v) is 9.50. The van der Waals surface area contributed by atoms with Gasteiger partial charge in [-0.1, -0.05) is 58.4 Å². The second-order valence-electron chi connectivity index (χ2n) is 8.59. The lowest BCUT2D eigenvalue weighted by Gasteiger charge is -2.40. The van der Waals surface area contributed by atoms with E-state index in [2.05, 4.69) is 15.9 Å². The van der Waals surface area contributed by atoms with Crippen LogP contribution in [0.5, 0.6) is 17.2 Å². The van der Waals surface area contributed by atoms with Crippen LogP contribution in [0.3, 0.4) is 0 Å². The number of carbonyl (C=O) groups is 1. The van der Waals surface area contributed by atoms with Gasteiger partial charge in [-0.2, -0.15) is 0 Å². The van der Waals surface area contributed by atoms with Gasteiger partial charge in [0, 0.05) is 22.5 Å². The molecule has 3 aromatic carbocycles. The first-order valence-corrected chi connectivity index (χ1v) is 11.4. The summed E-state index contributed by atoms with van der Waals surface area (Å²) in [5, 5.41) is 12.6. The van der Waals surface area contributed by atoms with Gasteiger partial charge < -0.3 is 24.1 Å². The number of halogens is 1. The smallest absolute Gasteiger partial charge is 0.314 e. The molecule has 168 valence electrons. The minimum Gasteiger partial charge on any atom is -0.496 e. The van der Waals surface area contributed by atoms with E-state index in [1.54, 1.807) is 19.2 Å². The first kappa shape index (κ1) is 20.6. The van der Waals surface area contributed by atoms with Crippen molar-refractivity contribution in [3.8, 4) is 17.2 Å². The Kier molecular flexibility index (Phi) is 4.35. The van der Waals surface area contributed by atoms with Crippen LogP contribution in [-0.4, -0.2) is 31.4 Å². The van der Waals surface area contributed by atoms with Crippen LogP contribution in [0.25, 0.3) is 0 Å². The molecule has 2 aliphatic heterocycles. The average Bonchev–Trinajstić information content (AvgIpc) is 3.19. The number of hydrogen-bond acceptors (Lipinski definition) is 6. The van der Waals surface area contributed by atoms with E-state index in [0.29, 0.717) is 22.8 Å². The number of benzene rings is 3. The molecule has 6 nitrogen and oxygen atoms in total. The number of rotatable bonds is 4. The topological polar surface area (TPSA) is 74.2 Å². The molecule has 1 saturated heterocycles. The maximum atomic E-state index is 12.8. The number of esters is 1. The van der Waals surface area contributed by atoms with E-state index in [9.17, 15) is 9.90 Å². The zero-order chi connectivity index (χ0) is 23.0. The molecule has 3 aliphatic rings. The highest BCUT2D eigenvalue weighted by Crippen LogP contribution is 2.73. The highest BCUT2D eigenvalue weighted by molar-refractivity contribution is 9.10. The summed E-state index contributed by atoms with van der Waals surface area (Å²) in [6, 6.07) is 20.8. The van der Waals surface area contributed by atoms with E-state index in [4.69, 9.17) is 18.9 Å². The van der Waals surface area contributed by atoms with Crippen molar-refractivity contribution in [3.05, 3.63) is 87.9 Å². The van der Waals surface area contributed by atoms with E-state index >= 15 is 0 Å². The summed E-state index contributed by atoms with van der Waals surface area (Å²) in [7, 11) is 3.10. The van der Waals surface area contributed by atoms with Gasteiger partial charge in [0.15, 0.2) is 17.3 Å². The zero-order valence-electron chi connectivity index (χ0n) is 17.9. The molecule has 0 radical (unpaired) electrons. The fraction of sp³-hybridized carbons (Fsp3) is 0.269. The molecule has 2 heterocycles. The van der Waals surface area contributed by atoms with Crippen molar-refractivity contribution < 1.29 is 28.8 Å². The van der Waals surface area contributed by atoms with Gasteiger partial charge >= 0.3 is 5.97 Å². The Bertz CT molecular complexity index is 1260. The molecule has 6 rings (SSSR count). The van der Waals surface area contributed by atoms with Crippen LogP contribution in [0.4, 0.5) is 0 Å². The largest absolute Gasteiger partial charge is 0.496 e. The van der Waals surface area contributed by atoms with E-state index in [1.165, 1.54) is 7.11 Å². The number of hydrogen-bond donors (Lipinski definition) is 1. The number of carbonyl (C=O) groups excluding carboxylic acids is 1. The number of methoxy groups -OCH3 is 2. The average molecular weight is 509 g/mol. The van der Waals surface area contributed by atoms with E-state index < -0.39 is 29.1 Å². The third-order valence-electron chi connectivity index (χ3n) is 7.20. The van der Waals surface area contributed by atoms with Crippen molar-refractivity contribution in [2.75, 3.05) is 14.2 Å². The molecule has 1 saturated carbocycles. The lowest BCUT2D eigenvalue weighted by molar-refractivity contribution is -0.213. The van der Waals surface area contributed by atoms with Gasteiger partial charge in [0.2, 0.25) is 0 Å². The highest BCUT2D eigenvalue weighted by atomic mass is 79.9. The summed E-state index contributed by atoms with van der Waals surface area (Å²) in [6.07, 6.45) is -0.789. The third-order valence-corrected chi connectivity index (χ3v) is 7.72. The lowest BCUT2D eigenvalue weighted by atomic mass is 9.71. The fourth-order valence-corrected chi connectivity index (χ4v) is 6.15. The maximum Gasteiger partial charge on any atom is 0.314 e. The van der Waals surface area contributed by atoms with Crippen LogP contribution >= 0.6 is 15.9 Å². The van der Waals surface area contributed by atoms with Crippen molar-refractivity contribution in [3.63, 3.8) is 0 Å². The van der Waals surface area contributed by atoms with Gasteiger partial charge in [0.1, 0.15) is 23.2 Å². The predicted molar refractivity (Wildman–Crippen MR) is 122 cm³/mol. The Morgan fingerprint density at radius 2 is 1.73 bits per heavy atom. The molecule has 0 amide bonds. The summed E-state index contributed by atoms with van der Waals surface area (Å²) < 4.78 is 24.4. The second kappa shape index (κ2) is 6.98. The standard InChI is InChI=1S/C26H21BrO6/c1-30-17-12-18(31-2)22-19(13-17)33-26(15-8-10-16(27)11-9-15)21(14-6-4-3-5-7-14)20-23(25(22,26)29)32-24(20)28/h3-13,20-21,23,29H,1-2H3/t20-,21-,23-,25+,26+/m1/s1. The summed E-state index contributed by atoms with van der Waals surface area (Å²) in [5.74, 6) is 0.00441. The van der Waals surface area contributed by atoms with Crippen LogP contribution < -0.4 is 14.2 Å². The highest BCUT2D eigenvalue weighted by Gasteiger charge is 2.82. The Balaban J connectivity index is 1.69. The van der Waals surface area contributed by atoms with Crippen LogP contribution in [0, 0.1) is 5.92 Å². The van der Waals surface area contributed by atoms with Crippen LogP contribution in [0.15, 0.2) is 71.2 Å². The Hall–Kier alpha value is -3.03. The predicted octanol–water partition coefficient (Wildman–Crippen LogP) is 4.28. The summed E-state index contributed by atoms with van der Waals surface area (Å²) in [5.41, 5.74) is -0.896. The lowest BCUT2D eigenvalue weighted by Crippen LogP contribution is -2.55. The SMILES string of the molecule is COc1cc(OC)c2c(c1)O[C@@]1(c3ccc(Br)cc3)[C@H](c3ccccc3)[C@H]3C(=O)O[C@H]3[C@@]21O. The monoisotopic (exact) mass is 508 g/mol.